The van der Waals surface area contributed by atoms with Crippen molar-refractivity contribution in [3.8, 4) is 28.7 Å². The maximum absolute atomic E-state index is 12.3. The van der Waals surface area contributed by atoms with Gasteiger partial charge in [-0.1, -0.05) is 6.07 Å². The van der Waals surface area contributed by atoms with Crippen LogP contribution >= 0.6 is 0 Å². The predicted octanol–water partition coefficient (Wildman–Crippen LogP) is 3.20. The number of nitrogens with one attached hydrogen (secondary N) is 2. The maximum atomic E-state index is 12.3. The van der Waals surface area contributed by atoms with E-state index in [1.54, 1.807) is 60.8 Å². The van der Waals surface area contributed by atoms with E-state index in [0.717, 1.165) is 11.1 Å². The van der Waals surface area contributed by atoms with Gasteiger partial charge in [0.15, 0.2) is 0 Å². The van der Waals surface area contributed by atoms with Crippen molar-refractivity contribution in [3.05, 3.63) is 72.6 Å². The van der Waals surface area contributed by atoms with Gasteiger partial charge in [-0.3, -0.25) is 4.79 Å². The lowest BCUT2D eigenvalue weighted by Gasteiger charge is -2.16. The van der Waals surface area contributed by atoms with Crippen LogP contribution in [-0.4, -0.2) is 64.1 Å². The number of nitrogens with zero attached hydrogens (tertiary/aromatic N) is 6. The fourth-order valence-corrected chi connectivity index (χ4v) is 3.70. The fraction of sp³-hybridized carbons (Fsp3) is 0.259. The summed E-state index contributed by atoms with van der Waals surface area (Å²) >= 11 is 0. The van der Waals surface area contributed by atoms with Crippen molar-refractivity contribution in [1.29, 1.82) is 5.26 Å². The van der Waals surface area contributed by atoms with Gasteiger partial charge in [0.1, 0.15) is 36.3 Å². The molecule has 12 nitrogen and oxygen atoms in total. The Morgan fingerprint density at radius 3 is 2.62 bits per heavy atom. The molecule has 2 N–H and O–H groups in total. The van der Waals surface area contributed by atoms with Crippen LogP contribution in [0, 0.1) is 11.3 Å². The van der Waals surface area contributed by atoms with E-state index in [0.29, 0.717) is 54.0 Å². The summed E-state index contributed by atoms with van der Waals surface area (Å²) in [5.41, 5.74) is 3.03. The van der Waals surface area contributed by atoms with Gasteiger partial charge in [-0.25, -0.2) is 19.6 Å². The Kier molecular flexibility index (Phi) is 8.99. The van der Waals surface area contributed by atoms with E-state index in [2.05, 4.69) is 36.8 Å². The third-order valence-corrected chi connectivity index (χ3v) is 5.63. The van der Waals surface area contributed by atoms with E-state index in [1.807, 2.05) is 13.0 Å². The standard InChI is InChI=1S/C27H28N8O4/c1-18(15-35-17-29-16-33-35)39-24-10-19(4-5-21(24)12-28)22-13-31-27(32-14-22)34-23-7-6-20(11-25(23)38-3)26(36)30-8-9-37-2/h4-7,10-11,13-14,16-18H,8-9,15H2,1-3H3,(H,30,36)(H,31,32,34). The number of carbonyl (C=O) groups is 1. The van der Waals surface area contributed by atoms with Crippen molar-refractivity contribution in [2.45, 2.75) is 19.6 Å². The normalized spacial score (nSPS) is 11.3. The molecule has 2 heterocycles. The van der Waals surface area contributed by atoms with E-state index in [1.165, 1.54) is 13.4 Å². The number of aromatic nitrogens is 5. The molecule has 1 unspecified atom stereocenters. The summed E-state index contributed by atoms with van der Waals surface area (Å²) in [7, 11) is 3.10. The number of amides is 1. The Morgan fingerprint density at radius 1 is 1.10 bits per heavy atom. The van der Waals surface area contributed by atoms with Crippen LogP contribution in [0.4, 0.5) is 11.6 Å². The van der Waals surface area contributed by atoms with Gasteiger partial charge in [0.25, 0.3) is 5.91 Å². The van der Waals surface area contributed by atoms with Crippen molar-refractivity contribution in [1.82, 2.24) is 30.0 Å². The highest BCUT2D eigenvalue weighted by Gasteiger charge is 2.14. The molecule has 2 aromatic heterocycles. The predicted molar refractivity (Wildman–Crippen MR) is 143 cm³/mol. The molecule has 0 saturated heterocycles. The topological polar surface area (TPSA) is 149 Å². The van der Waals surface area contributed by atoms with Gasteiger partial charge in [0.2, 0.25) is 5.95 Å². The van der Waals surface area contributed by atoms with Crippen LogP contribution in [0.15, 0.2) is 61.4 Å². The number of anilines is 2. The lowest BCUT2D eigenvalue weighted by molar-refractivity contribution is 0.0936. The minimum absolute atomic E-state index is 0.226. The highest BCUT2D eigenvalue weighted by Crippen LogP contribution is 2.30. The Labute approximate surface area is 225 Å². The molecular weight excluding hydrogens is 500 g/mol. The zero-order valence-corrected chi connectivity index (χ0v) is 21.8. The number of hydrogen-bond donors (Lipinski definition) is 2. The molecule has 0 aliphatic carbocycles. The molecular formula is C27H28N8O4. The summed E-state index contributed by atoms with van der Waals surface area (Å²) in [4.78, 5) is 25.1. The number of nitriles is 1. The van der Waals surface area contributed by atoms with Gasteiger partial charge in [-0.05, 0) is 42.8 Å². The molecule has 1 amide bonds. The lowest BCUT2D eigenvalue weighted by atomic mass is 10.1. The summed E-state index contributed by atoms with van der Waals surface area (Å²) in [5, 5.41) is 19.5. The second-order valence-electron chi connectivity index (χ2n) is 8.45. The van der Waals surface area contributed by atoms with E-state index < -0.39 is 0 Å². The number of rotatable bonds is 12. The second kappa shape index (κ2) is 13.0. The van der Waals surface area contributed by atoms with Crippen molar-refractivity contribution in [2.24, 2.45) is 0 Å². The second-order valence-corrected chi connectivity index (χ2v) is 8.45. The molecule has 0 saturated carbocycles. The van der Waals surface area contributed by atoms with Crippen LogP contribution in [0.5, 0.6) is 11.5 Å². The summed E-state index contributed by atoms with van der Waals surface area (Å²) in [5.74, 6) is 1.05. The molecule has 0 aliphatic heterocycles. The van der Waals surface area contributed by atoms with E-state index >= 15 is 0 Å². The van der Waals surface area contributed by atoms with Crippen molar-refractivity contribution < 1.29 is 19.0 Å². The summed E-state index contributed by atoms with van der Waals surface area (Å²) in [6.45, 7) is 3.22. The van der Waals surface area contributed by atoms with Crippen molar-refractivity contribution in [3.63, 3.8) is 0 Å². The minimum atomic E-state index is -0.241. The number of hydrogen-bond acceptors (Lipinski definition) is 10. The average molecular weight is 529 g/mol. The molecule has 0 spiro atoms. The van der Waals surface area contributed by atoms with Crippen LogP contribution in [0.1, 0.15) is 22.8 Å². The smallest absolute Gasteiger partial charge is 0.251 e. The Morgan fingerprint density at radius 2 is 1.92 bits per heavy atom. The first-order valence-electron chi connectivity index (χ1n) is 12.1. The van der Waals surface area contributed by atoms with E-state index in [-0.39, 0.29) is 12.0 Å². The molecule has 0 aliphatic rings. The monoisotopic (exact) mass is 528 g/mol. The molecule has 39 heavy (non-hydrogen) atoms. The molecule has 0 fully saturated rings. The summed E-state index contributed by atoms with van der Waals surface area (Å²) in [6, 6.07) is 12.5. The van der Waals surface area contributed by atoms with Gasteiger partial charge in [0, 0.05) is 37.2 Å². The third kappa shape index (κ3) is 7.06. The molecule has 4 rings (SSSR count). The fourth-order valence-electron chi connectivity index (χ4n) is 3.70. The molecule has 2 aromatic carbocycles. The Bertz CT molecular complexity index is 1440. The quantitative estimate of drug-likeness (QED) is 0.263. The number of carbonyl (C=O) groups excluding carboxylic acids is 1. The SMILES string of the molecule is COCCNC(=O)c1ccc(Nc2ncc(-c3ccc(C#N)c(OC(C)Cn4cncn4)c3)cn2)c(OC)c1. The van der Waals surface area contributed by atoms with Crippen LogP contribution in [0.25, 0.3) is 11.1 Å². The van der Waals surface area contributed by atoms with Crippen LogP contribution < -0.4 is 20.1 Å². The highest BCUT2D eigenvalue weighted by molar-refractivity contribution is 5.95. The van der Waals surface area contributed by atoms with Gasteiger partial charge < -0.3 is 24.8 Å². The molecule has 200 valence electrons. The zero-order chi connectivity index (χ0) is 27.6. The molecule has 4 aromatic rings. The zero-order valence-electron chi connectivity index (χ0n) is 21.8. The average Bonchev–Trinajstić information content (AvgIpc) is 3.46. The van der Waals surface area contributed by atoms with Crippen LogP contribution in [0.3, 0.4) is 0 Å². The Balaban J connectivity index is 1.46. The Hall–Kier alpha value is -5.02. The largest absolute Gasteiger partial charge is 0.495 e. The van der Waals surface area contributed by atoms with Crippen LogP contribution in [-0.2, 0) is 11.3 Å². The van der Waals surface area contributed by atoms with E-state index in [4.69, 9.17) is 14.2 Å². The summed E-state index contributed by atoms with van der Waals surface area (Å²) < 4.78 is 18.1. The summed E-state index contributed by atoms with van der Waals surface area (Å²) in [6.07, 6.45) is 6.17. The van der Waals surface area contributed by atoms with Gasteiger partial charge in [0.05, 0.1) is 31.5 Å². The molecule has 0 radical (unpaired) electrons. The van der Waals surface area contributed by atoms with Gasteiger partial charge >= 0.3 is 0 Å². The van der Waals surface area contributed by atoms with Crippen molar-refractivity contribution in [2.75, 3.05) is 32.7 Å². The van der Waals surface area contributed by atoms with Crippen molar-refractivity contribution >= 4 is 17.5 Å². The molecule has 1 atom stereocenters. The minimum Gasteiger partial charge on any atom is -0.495 e. The highest BCUT2D eigenvalue weighted by atomic mass is 16.5. The van der Waals surface area contributed by atoms with Gasteiger partial charge in [-0.15, -0.1) is 0 Å². The van der Waals surface area contributed by atoms with Gasteiger partial charge in [-0.2, -0.15) is 10.4 Å². The van der Waals surface area contributed by atoms with E-state index in [9.17, 15) is 10.1 Å². The third-order valence-electron chi connectivity index (χ3n) is 5.63. The molecule has 0 bridgehead atoms. The first-order valence-corrected chi connectivity index (χ1v) is 12.1. The van der Waals surface area contributed by atoms with Crippen LogP contribution in [0.2, 0.25) is 0 Å². The number of ether oxygens (including phenoxy) is 3. The number of benzene rings is 2. The lowest BCUT2D eigenvalue weighted by Crippen LogP contribution is -2.26. The number of methoxy groups -OCH3 is 2. The first-order chi connectivity index (χ1) is 19.0. The molecule has 12 heteroatoms. The maximum Gasteiger partial charge on any atom is 0.251 e. The first kappa shape index (κ1) is 27.0.